The van der Waals surface area contributed by atoms with Gasteiger partial charge in [0.05, 0.1) is 30.2 Å². The zero-order valence-corrected chi connectivity index (χ0v) is 9.71. The topological polar surface area (TPSA) is 60.2 Å². The van der Waals surface area contributed by atoms with Crippen molar-refractivity contribution in [1.29, 1.82) is 0 Å². The predicted molar refractivity (Wildman–Crippen MR) is 62.5 cm³/mol. The summed E-state index contributed by atoms with van der Waals surface area (Å²) in [6.45, 7) is 2.04. The fraction of sp³-hybridized carbons (Fsp3) is 0.500. The Hall–Kier alpha value is -1.46. The Morgan fingerprint density at radius 3 is 3.12 bits per heavy atom. The maximum absolute atomic E-state index is 9.08. The zero-order chi connectivity index (χ0) is 11.8. The average Bonchev–Trinajstić information content (AvgIpc) is 2.94. The average molecular weight is 233 g/mol. The highest BCUT2D eigenvalue weighted by Gasteiger charge is 2.26. The van der Waals surface area contributed by atoms with Crippen molar-refractivity contribution in [2.24, 2.45) is 0 Å². The maximum Gasteiger partial charge on any atom is 0.135 e. The SMILES string of the molecule is Cc1nccc2c1ncn2[C@H]1CC[C@@H](CO)O1. The lowest BCUT2D eigenvalue weighted by Gasteiger charge is -2.14. The van der Waals surface area contributed by atoms with Gasteiger partial charge in [-0.1, -0.05) is 0 Å². The molecular weight excluding hydrogens is 218 g/mol. The summed E-state index contributed by atoms with van der Waals surface area (Å²) in [5, 5.41) is 9.08. The van der Waals surface area contributed by atoms with E-state index in [1.54, 1.807) is 12.5 Å². The van der Waals surface area contributed by atoms with Gasteiger partial charge in [0.1, 0.15) is 11.7 Å². The monoisotopic (exact) mass is 233 g/mol. The number of aryl methyl sites for hydroxylation is 1. The number of nitrogens with zero attached hydrogens (tertiary/aromatic N) is 3. The van der Waals surface area contributed by atoms with Gasteiger partial charge in [-0.25, -0.2) is 4.98 Å². The third kappa shape index (κ3) is 1.71. The Balaban J connectivity index is 1.99. The molecule has 3 heterocycles. The first-order valence-corrected chi connectivity index (χ1v) is 5.84. The lowest BCUT2D eigenvalue weighted by atomic mass is 10.2. The molecule has 1 fully saturated rings. The molecule has 0 spiro atoms. The van der Waals surface area contributed by atoms with Crippen LogP contribution in [0.3, 0.4) is 0 Å². The fourth-order valence-electron chi connectivity index (χ4n) is 2.35. The lowest BCUT2D eigenvalue weighted by Crippen LogP contribution is -2.13. The quantitative estimate of drug-likeness (QED) is 0.852. The summed E-state index contributed by atoms with van der Waals surface area (Å²) in [5.41, 5.74) is 2.89. The second-order valence-corrected chi connectivity index (χ2v) is 4.39. The fourth-order valence-corrected chi connectivity index (χ4v) is 2.35. The first kappa shape index (κ1) is 10.7. The van der Waals surface area contributed by atoms with Gasteiger partial charge in [0.15, 0.2) is 0 Å². The Kier molecular flexibility index (Phi) is 2.57. The molecule has 0 unspecified atom stereocenters. The molecule has 17 heavy (non-hydrogen) atoms. The van der Waals surface area contributed by atoms with Crippen molar-refractivity contribution in [3.05, 3.63) is 24.3 Å². The Morgan fingerprint density at radius 2 is 2.35 bits per heavy atom. The molecule has 5 heteroatoms. The molecule has 0 saturated carbocycles. The third-order valence-electron chi connectivity index (χ3n) is 3.27. The molecule has 0 aliphatic carbocycles. The Labute approximate surface area is 99.1 Å². The van der Waals surface area contributed by atoms with E-state index in [4.69, 9.17) is 9.84 Å². The van der Waals surface area contributed by atoms with Gasteiger partial charge in [-0.05, 0) is 25.8 Å². The largest absolute Gasteiger partial charge is 0.394 e. The van der Waals surface area contributed by atoms with E-state index in [0.29, 0.717) is 0 Å². The molecule has 3 rings (SSSR count). The number of hydrogen-bond donors (Lipinski definition) is 1. The second-order valence-electron chi connectivity index (χ2n) is 4.39. The Morgan fingerprint density at radius 1 is 1.47 bits per heavy atom. The van der Waals surface area contributed by atoms with Crippen molar-refractivity contribution in [2.75, 3.05) is 6.61 Å². The molecule has 2 aromatic rings. The third-order valence-corrected chi connectivity index (χ3v) is 3.27. The summed E-state index contributed by atoms with van der Waals surface area (Å²) in [4.78, 5) is 8.59. The van der Waals surface area contributed by atoms with Crippen LogP contribution in [0, 0.1) is 6.92 Å². The summed E-state index contributed by atoms with van der Waals surface area (Å²) >= 11 is 0. The summed E-state index contributed by atoms with van der Waals surface area (Å²) in [5.74, 6) is 0. The van der Waals surface area contributed by atoms with Crippen LogP contribution in [-0.2, 0) is 4.74 Å². The smallest absolute Gasteiger partial charge is 0.135 e. The first-order chi connectivity index (χ1) is 8.29. The van der Waals surface area contributed by atoms with Gasteiger partial charge in [0.25, 0.3) is 0 Å². The number of fused-ring (bicyclic) bond motifs is 1. The number of aliphatic hydroxyl groups is 1. The summed E-state index contributed by atoms with van der Waals surface area (Å²) in [7, 11) is 0. The lowest BCUT2D eigenvalue weighted by molar-refractivity contribution is -0.0204. The van der Waals surface area contributed by atoms with Crippen LogP contribution in [0.2, 0.25) is 0 Å². The number of aromatic nitrogens is 3. The minimum absolute atomic E-state index is 0.0149. The molecule has 0 amide bonds. The standard InChI is InChI=1S/C12H15N3O2/c1-8-12-10(4-5-13-8)15(7-14-12)11-3-2-9(6-16)17-11/h4-5,7,9,11,16H,2-3,6H2,1H3/t9-,11+/m0/s1. The molecule has 1 N–H and O–H groups in total. The molecule has 90 valence electrons. The van der Waals surface area contributed by atoms with Gasteiger partial charge in [-0.3, -0.25) is 4.98 Å². The van der Waals surface area contributed by atoms with Crippen molar-refractivity contribution in [3.63, 3.8) is 0 Å². The van der Waals surface area contributed by atoms with Crippen LogP contribution in [0.4, 0.5) is 0 Å². The number of rotatable bonds is 2. The van der Waals surface area contributed by atoms with E-state index in [-0.39, 0.29) is 18.9 Å². The van der Waals surface area contributed by atoms with E-state index < -0.39 is 0 Å². The molecule has 0 bridgehead atoms. The first-order valence-electron chi connectivity index (χ1n) is 5.84. The summed E-state index contributed by atoms with van der Waals surface area (Å²) in [6, 6.07) is 1.95. The van der Waals surface area contributed by atoms with Crippen molar-refractivity contribution in [3.8, 4) is 0 Å². The molecule has 0 radical (unpaired) electrons. The van der Waals surface area contributed by atoms with E-state index in [1.165, 1.54) is 0 Å². The highest BCUT2D eigenvalue weighted by Crippen LogP contribution is 2.30. The van der Waals surface area contributed by atoms with Gasteiger partial charge >= 0.3 is 0 Å². The molecule has 2 atom stereocenters. The van der Waals surface area contributed by atoms with Crippen LogP contribution in [0.15, 0.2) is 18.6 Å². The number of imidazole rings is 1. The Bertz CT molecular complexity index is 538. The minimum atomic E-state index is -0.0413. The molecule has 1 aliphatic rings. The molecule has 1 aliphatic heterocycles. The van der Waals surface area contributed by atoms with E-state index in [1.807, 2.05) is 17.6 Å². The predicted octanol–water partition coefficient (Wildman–Crippen LogP) is 1.41. The molecule has 0 aromatic carbocycles. The summed E-state index contributed by atoms with van der Waals surface area (Å²) in [6.07, 6.45) is 5.33. The van der Waals surface area contributed by atoms with Gasteiger partial charge < -0.3 is 14.4 Å². The maximum atomic E-state index is 9.08. The minimum Gasteiger partial charge on any atom is -0.394 e. The van der Waals surface area contributed by atoms with Crippen molar-refractivity contribution < 1.29 is 9.84 Å². The van der Waals surface area contributed by atoms with Crippen LogP contribution < -0.4 is 0 Å². The molecular formula is C12H15N3O2. The van der Waals surface area contributed by atoms with E-state index in [0.717, 1.165) is 29.6 Å². The van der Waals surface area contributed by atoms with Crippen LogP contribution >= 0.6 is 0 Å². The van der Waals surface area contributed by atoms with Crippen LogP contribution in [0.1, 0.15) is 24.8 Å². The summed E-state index contributed by atoms with van der Waals surface area (Å²) < 4.78 is 7.78. The highest BCUT2D eigenvalue weighted by molar-refractivity contribution is 5.77. The van der Waals surface area contributed by atoms with Crippen LogP contribution in [0.25, 0.3) is 11.0 Å². The molecule has 2 aromatic heterocycles. The number of ether oxygens (including phenoxy) is 1. The van der Waals surface area contributed by atoms with Crippen LogP contribution in [0.5, 0.6) is 0 Å². The van der Waals surface area contributed by atoms with E-state index in [9.17, 15) is 0 Å². The van der Waals surface area contributed by atoms with Crippen molar-refractivity contribution in [2.45, 2.75) is 32.1 Å². The van der Waals surface area contributed by atoms with Gasteiger partial charge in [0, 0.05) is 6.20 Å². The zero-order valence-electron chi connectivity index (χ0n) is 9.71. The molecule has 5 nitrogen and oxygen atoms in total. The van der Waals surface area contributed by atoms with Gasteiger partial charge in [0.2, 0.25) is 0 Å². The van der Waals surface area contributed by atoms with Gasteiger partial charge in [-0.2, -0.15) is 0 Å². The van der Waals surface area contributed by atoms with E-state index >= 15 is 0 Å². The van der Waals surface area contributed by atoms with Gasteiger partial charge in [-0.15, -0.1) is 0 Å². The number of hydrogen-bond acceptors (Lipinski definition) is 4. The number of pyridine rings is 1. The normalized spacial score (nSPS) is 24.6. The highest BCUT2D eigenvalue weighted by atomic mass is 16.5. The van der Waals surface area contributed by atoms with Crippen LogP contribution in [-0.4, -0.2) is 32.4 Å². The molecule has 1 saturated heterocycles. The number of aliphatic hydroxyl groups excluding tert-OH is 1. The van der Waals surface area contributed by atoms with E-state index in [2.05, 4.69) is 9.97 Å². The van der Waals surface area contributed by atoms with Crippen molar-refractivity contribution >= 4 is 11.0 Å². The van der Waals surface area contributed by atoms with Crippen molar-refractivity contribution in [1.82, 2.24) is 14.5 Å². The second kappa shape index (κ2) is 4.09.